The van der Waals surface area contributed by atoms with Crippen molar-refractivity contribution >= 4 is 40.7 Å². The largest absolute Gasteiger partial charge is 0.482 e. The third kappa shape index (κ3) is 4.27. The second-order valence-electron chi connectivity index (χ2n) is 4.34. The van der Waals surface area contributed by atoms with E-state index < -0.39 is 0 Å². The molecular weight excluding hydrogens is 337 g/mol. The lowest BCUT2D eigenvalue weighted by molar-refractivity contribution is -0.132. The molecule has 0 saturated heterocycles. The van der Waals surface area contributed by atoms with Crippen LogP contribution in [0.1, 0.15) is 5.56 Å². The molecule has 0 radical (unpaired) electrons. The number of carbonyl (C=O) groups excluding carboxylic acids is 1. The van der Waals surface area contributed by atoms with Gasteiger partial charge in [-0.15, -0.1) is 0 Å². The molecule has 1 amide bonds. The van der Waals surface area contributed by atoms with E-state index in [0.29, 0.717) is 27.4 Å². The number of likely N-dealkylation sites (N-methyl/N-ethyl adjacent to an activating group) is 1. The number of halogens is 3. The number of hydrogen-bond acceptors (Lipinski definition) is 3. The van der Waals surface area contributed by atoms with Crippen molar-refractivity contribution in [2.45, 2.75) is 6.54 Å². The molecule has 1 aromatic carbocycles. The smallest absolute Gasteiger partial charge is 0.260 e. The molecule has 0 unspecified atom stereocenters. The first-order valence-corrected chi connectivity index (χ1v) is 7.09. The van der Waals surface area contributed by atoms with Crippen LogP contribution in [0.5, 0.6) is 5.75 Å². The molecule has 5 nitrogen and oxygen atoms in total. The van der Waals surface area contributed by atoms with E-state index in [0.717, 1.165) is 5.56 Å². The summed E-state index contributed by atoms with van der Waals surface area (Å²) in [4.78, 5) is 13.5. The van der Waals surface area contributed by atoms with Crippen LogP contribution in [0.3, 0.4) is 0 Å². The van der Waals surface area contributed by atoms with Crippen LogP contribution in [0.15, 0.2) is 24.5 Å². The zero-order valence-corrected chi connectivity index (χ0v) is 13.3. The Labute approximate surface area is 136 Å². The van der Waals surface area contributed by atoms with Crippen molar-refractivity contribution in [1.29, 1.82) is 0 Å². The number of aromatic nitrogens is 2. The fourth-order valence-corrected chi connectivity index (χ4v) is 2.18. The maximum absolute atomic E-state index is 12.0. The van der Waals surface area contributed by atoms with Gasteiger partial charge in [0.15, 0.2) is 6.61 Å². The van der Waals surface area contributed by atoms with Gasteiger partial charge in [0, 0.05) is 31.4 Å². The maximum atomic E-state index is 12.0. The molecule has 0 fully saturated rings. The SMILES string of the molecule is CN(Cc1cn[nH]c1)C(=O)COc1cc(Cl)c(Cl)cc1Cl. The van der Waals surface area contributed by atoms with Crippen LogP contribution in [0.2, 0.25) is 15.1 Å². The summed E-state index contributed by atoms with van der Waals surface area (Å²) in [5.74, 6) is 0.120. The Morgan fingerprint density at radius 1 is 1.29 bits per heavy atom. The highest BCUT2D eigenvalue weighted by Crippen LogP contribution is 2.33. The Morgan fingerprint density at radius 2 is 2.00 bits per heavy atom. The highest BCUT2D eigenvalue weighted by atomic mass is 35.5. The summed E-state index contributed by atoms with van der Waals surface area (Å²) >= 11 is 17.7. The molecule has 1 aromatic heterocycles. The maximum Gasteiger partial charge on any atom is 0.260 e. The van der Waals surface area contributed by atoms with Gasteiger partial charge in [-0.2, -0.15) is 5.10 Å². The average Bonchev–Trinajstić information content (AvgIpc) is 2.93. The minimum absolute atomic E-state index is 0.147. The van der Waals surface area contributed by atoms with Gasteiger partial charge < -0.3 is 9.64 Å². The number of H-pyrrole nitrogens is 1. The normalized spacial score (nSPS) is 10.5. The van der Waals surface area contributed by atoms with Gasteiger partial charge in [-0.05, 0) is 6.07 Å². The number of amides is 1. The third-order valence-corrected chi connectivity index (χ3v) is 3.74. The molecular formula is C13H12Cl3N3O2. The van der Waals surface area contributed by atoms with Gasteiger partial charge in [0.05, 0.1) is 21.3 Å². The molecule has 1 heterocycles. The second-order valence-corrected chi connectivity index (χ2v) is 5.56. The summed E-state index contributed by atoms with van der Waals surface area (Å²) in [7, 11) is 1.68. The molecule has 1 N–H and O–H groups in total. The Morgan fingerprint density at radius 3 is 2.67 bits per heavy atom. The van der Waals surface area contributed by atoms with E-state index in [1.807, 2.05) is 0 Å². The number of carbonyl (C=O) groups is 1. The Bertz CT molecular complexity index is 632. The second kappa shape index (κ2) is 7.02. The van der Waals surface area contributed by atoms with E-state index in [1.54, 1.807) is 19.4 Å². The molecule has 2 rings (SSSR count). The quantitative estimate of drug-likeness (QED) is 0.842. The van der Waals surface area contributed by atoms with Gasteiger partial charge in [0.2, 0.25) is 0 Å². The van der Waals surface area contributed by atoms with E-state index in [4.69, 9.17) is 39.5 Å². The number of ether oxygens (including phenoxy) is 1. The van der Waals surface area contributed by atoms with Crippen molar-refractivity contribution in [2.24, 2.45) is 0 Å². The molecule has 8 heteroatoms. The van der Waals surface area contributed by atoms with Crippen LogP contribution >= 0.6 is 34.8 Å². The Hall–Kier alpha value is -1.43. The van der Waals surface area contributed by atoms with Gasteiger partial charge in [0.25, 0.3) is 5.91 Å². The third-order valence-electron chi connectivity index (χ3n) is 2.73. The van der Waals surface area contributed by atoms with Crippen molar-refractivity contribution in [3.05, 3.63) is 45.2 Å². The average molecular weight is 349 g/mol. The first-order valence-electron chi connectivity index (χ1n) is 5.96. The summed E-state index contributed by atoms with van der Waals surface area (Å²) in [5, 5.41) is 7.45. The molecule has 2 aromatic rings. The Kier molecular flexibility index (Phi) is 5.33. The number of benzene rings is 1. The molecule has 0 aliphatic rings. The lowest BCUT2D eigenvalue weighted by atomic mass is 10.3. The highest BCUT2D eigenvalue weighted by molar-refractivity contribution is 6.43. The summed E-state index contributed by atoms with van der Waals surface area (Å²) in [6.45, 7) is 0.292. The number of aromatic amines is 1. The highest BCUT2D eigenvalue weighted by Gasteiger charge is 2.13. The van der Waals surface area contributed by atoms with Crippen LogP contribution < -0.4 is 4.74 Å². The predicted molar refractivity (Wildman–Crippen MR) is 82.0 cm³/mol. The zero-order chi connectivity index (χ0) is 15.4. The lowest BCUT2D eigenvalue weighted by Gasteiger charge is -2.17. The van der Waals surface area contributed by atoms with Gasteiger partial charge in [0.1, 0.15) is 5.75 Å². The van der Waals surface area contributed by atoms with Crippen molar-refractivity contribution < 1.29 is 9.53 Å². The molecule has 0 spiro atoms. The van der Waals surface area contributed by atoms with Crippen molar-refractivity contribution in [3.63, 3.8) is 0 Å². The van der Waals surface area contributed by atoms with E-state index in [-0.39, 0.29) is 12.5 Å². The van der Waals surface area contributed by atoms with Crippen LogP contribution in [-0.2, 0) is 11.3 Å². The number of nitrogens with one attached hydrogen (secondary N) is 1. The van der Waals surface area contributed by atoms with E-state index in [2.05, 4.69) is 10.2 Å². The molecule has 112 valence electrons. The van der Waals surface area contributed by atoms with Gasteiger partial charge in [-0.25, -0.2) is 0 Å². The van der Waals surface area contributed by atoms with Crippen LogP contribution in [-0.4, -0.2) is 34.7 Å². The summed E-state index contributed by atoms with van der Waals surface area (Å²) < 4.78 is 5.39. The number of rotatable bonds is 5. The van der Waals surface area contributed by atoms with Gasteiger partial charge in [-0.1, -0.05) is 34.8 Å². The topological polar surface area (TPSA) is 58.2 Å². The molecule has 0 bridgehead atoms. The predicted octanol–water partition coefficient (Wildman–Crippen LogP) is 3.41. The van der Waals surface area contributed by atoms with Crippen LogP contribution in [0.25, 0.3) is 0 Å². The monoisotopic (exact) mass is 347 g/mol. The van der Waals surface area contributed by atoms with Gasteiger partial charge in [-0.3, -0.25) is 9.89 Å². The fraction of sp³-hybridized carbons (Fsp3) is 0.231. The number of hydrogen-bond donors (Lipinski definition) is 1. The standard InChI is InChI=1S/C13H12Cl3N3O2/c1-19(6-8-4-17-18-5-8)13(20)7-21-12-3-10(15)9(14)2-11(12)16/h2-5H,6-7H2,1H3,(H,17,18). The first kappa shape index (κ1) is 15.9. The van der Waals surface area contributed by atoms with Crippen molar-refractivity contribution in [3.8, 4) is 5.75 Å². The van der Waals surface area contributed by atoms with Gasteiger partial charge >= 0.3 is 0 Å². The fourth-order valence-electron chi connectivity index (χ4n) is 1.59. The summed E-state index contributed by atoms with van der Waals surface area (Å²) in [6, 6.07) is 2.95. The summed E-state index contributed by atoms with van der Waals surface area (Å²) in [5.41, 5.74) is 0.901. The van der Waals surface area contributed by atoms with E-state index in [9.17, 15) is 4.79 Å². The molecule has 21 heavy (non-hydrogen) atoms. The van der Waals surface area contributed by atoms with Crippen LogP contribution in [0.4, 0.5) is 0 Å². The Balaban J connectivity index is 1.93. The van der Waals surface area contributed by atoms with E-state index >= 15 is 0 Å². The minimum atomic E-state index is -0.196. The van der Waals surface area contributed by atoms with Crippen molar-refractivity contribution in [2.75, 3.05) is 13.7 Å². The molecule has 0 aliphatic carbocycles. The molecule has 0 saturated carbocycles. The van der Waals surface area contributed by atoms with Crippen LogP contribution in [0, 0.1) is 0 Å². The zero-order valence-electron chi connectivity index (χ0n) is 11.1. The molecule has 0 aliphatic heterocycles. The first-order chi connectivity index (χ1) is 9.97. The molecule has 0 atom stereocenters. The lowest BCUT2D eigenvalue weighted by Crippen LogP contribution is -2.30. The number of nitrogens with zero attached hydrogens (tertiary/aromatic N) is 2. The minimum Gasteiger partial charge on any atom is -0.482 e. The summed E-state index contributed by atoms with van der Waals surface area (Å²) in [6.07, 6.45) is 3.38. The van der Waals surface area contributed by atoms with Crippen molar-refractivity contribution in [1.82, 2.24) is 15.1 Å². The van der Waals surface area contributed by atoms with E-state index in [1.165, 1.54) is 17.0 Å².